The molecule has 0 spiro atoms. The number of imidazole rings is 1. The van der Waals surface area contributed by atoms with E-state index in [0.29, 0.717) is 19.8 Å². The monoisotopic (exact) mass is 295 g/mol. The van der Waals surface area contributed by atoms with E-state index in [1.807, 2.05) is 18.4 Å². The molecule has 1 aliphatic heterocycles. The number of aromatic nitrogens is 2. The molecular formula is C15H25N3O3. The van der Waals surface area contributed by atoms with Gasteiger partial charge >= 0.3 is 0 Å². The van der Waals surface area contributed by atoms with Crippen LogP contribution >= 0.6 is 0 Å². The number of nitrogens with zero attached hydrogens (tertiary/aromatic N) is 2. The van der Waals surface area contributed by atoms with Crippen molar-refractivity contribution in [3.8, 4) is 0 Å². The largest absolute Gasteiger partial charge is 0.383 e. The molecular weight excluding hydrogens is 270 g/mol. The van der Waals surface area contributed by atoms with Crippen molar-refractivity contribution in [1.29, 1.82) is 0 Å². The summed E-state index contributed by atoms with van der Waals surface area (Å²) in [6.07, 6.45) is 5.10. The maximum absolute atomic E-state index is 12.3. The van der Waals surface area contributed by atoms with Gasteiger partial charge in [-0.25, -0.2) is 4.98 Å². The minimum absolute atomic E-state index is 0.0316. The molecule has 6 nitrogen and oxygen atoms in total. The van der Waals surface area contributed by atoms with Crippen LogP contribution in [0.3, 0.4) is 0 Å². The molecule has 6 heteroatoms. The molecule has 1 saturated heterocycles. The van der Waals surface area contributed by atoms with Gasteiger partial charge in [-0.05, 0) is 26.7 Å². The maximum atomic E-state index is 12.3. The molecule has 0 bridgehead atoms. The Bertz CT molecular complexity index is 470. The Balaban J connectivity index is 1.85. The SMILES string of the molecule is COCCn1cncc1CNC(=O)[C@H]1CCOC(C)(C)C1. The normalized spacial score (nSPS) is 21.2. The standard InChI is InChI=1S/C15H25N3O3/c1-15(2)8-12(4-6-21-15)14(19)17-10-13-9-16-11-18(13)5-7-20-3/h9,11-12H,4-8,10H2,1-3H3,(H,17,19)/t12-/m0/s1. The zero-order valence-corrected chi connectivity index (χ0v) is 13.1. The zero-order chi connectivity index (χ0) is 15.3. The lowest BCUT2D eigenvalue weighted by Gasteiger charge is -2.34. The fraction of sp³-hybridized carbons (Fsp3) is 0.733. The van der Waals surface area contributed by atoms with Crippen LogP contribution < -0.4 is 5.32 Å². The van der Waals surface area contributed by atoms with Crippen LogP contribution in [0.5, 0.6) is 0 Å². The summed E-state index contributed by atoms with van der Waals surface area (Å²) in [6.45, 7) is 6.59. The third-order valence-corrected chi connectivity index (χ3v) is 3.85. The van der Waals surface area contributed by atoms with Crippen LogP contribution in [0.15, 0.2) is 12.5 Å². The smallest absolute Gasteiger partial charge is 0.223 e. The van der Waals surface area contributed by atoms with E-state index in [0.717, 1.165) is 25.1 Å². The molecule has 1 aromatic rings. The number of rotatable bonds is 6. The van der Waals surface area contributed by atoms with Gasteiger partial charge in [0.05, 0.1) is 30.8 Å². The van der Waals surface area contributed by atoms with Gasteiger partial charge < -0.3 is 19.4 Å². The van der Waals surface area contributed by atoms with Crippen molar-refractivity contribution in [3.05, 3.63) is 18.2 Å². The number of hydrogen-bond donors (Lipinski definition) is 1. The van der Waals surface area contributed by atoms with Crippen molar-refractivity contribution in [2.24, 2.45) is 5.92 Å². The minimum Gasteiger partial charge on any atom is -0.383 e. The first-order valence-electron chi connectivity index (χ1n) is 7.41. The number of nitrogens with one attached hydrogen (secondary N) is 1. The highest BCUT2D eigenvalue weighted by Crippen LogP contribution is 2.28. The van der Waals surface area contributed by atoms with Gasteiger partial charge in [-0.1, -0.05) is 0 Å². The van der Waals surface area contributed by atoms with Gasteiger partial charge in [-0.15, -0.1) is 0 Å². The summed E-state index contributed by atoms with van der Waals surface area (Å²) in [5, 5.41) is 3.01. The van der Waals surface area contributed by atoms with E-state index in [4.69, 9.17) is 9.47 Å². The molecule has 1 aromatic heterocycles. The van der Waals surface area contributed by atoms with Crippen molar-refractivity contribution in [3.63, 3.8) is 0 Å². The highest BCUT2D eigenvalue weighted by atomic mass is 16.5. The Kier molecular flexibility index (Phi) is 5.36. The molecule has 2 rings (SSSR count). The Morgan fingerprint density at radius 3 is 3.14 bits per heavy atom. The number of carbonyl (C=O) groups is 1. The fourth-order valence-corrected chi connectivity index (χ4v) is 2.66. The average molecular weight is 295 g/mol. The molecule has 21 heavy (non-hydrogen) atoms. The first-order chi connectivity index (χ1) is 10.0. The molecule has 0 aliphatic carbocycles. The topological polar surface area (TPSA) is 65.4 Å². The van der Waals surface area contributed by atoms with Crippen molar-refractivity contribution in [1.82, 2.24) is 14.9 Å². The average Bonchev–Trinajstić information content (AvgIpc) is 2.88. The molecule has 1 N–H and O–H groups in total. The maximum Gasteiger partial charge on any atom is 0.223 e. The van der Waals surface area contributed by atoms with Crippen LogP contribution in [-0.2, 0) is 27.4 Å². The number of hydrogen-bond acceptors (Lipinski definition) is 4. The summed E-state index contributed by atoms with van der Waals surface area (Å²) < 4.78 is 12.7. The van der Waals surface area contributed by atoms with E-state index < -0.39 is 0 Å². The van der Waals surface area contributed by atoms with Crippen LogP contribution in [0.25, 0.3) is 0 Å². The Hall–Kier alpha value is -1.40. The molecule has 0 aromatic carbocycles. The lowest BCUT2D eigenvalue weighted by Crippen LogP contribution is -2.41. The molecule has 1 atom stereocenters. The molecule has 2 heterocycles. The Morgan fingerprint density at radius 1 is 1.62 bits per heavy atom. The van der Waals surface area contributed by atoms with Crippen LogP contribution in [0, 0.1) is 5.92 Å². The van der Waals surface area contributed by atoms with E-state index in [2.05, 4.69) is 10.3 Å². The van der Waals surface area contributed by atoms with Gasteiger partial charge in [0.2, 0.25) is 5.91 Å². The van der Waals surface area contributed by atoms with Crippen LogP contribution in [0.2, 0.25) is 0 Å². The predicted molar refractivity (Wildman–Crippen MR) is 78.7 cm³/mol. The van der Waals surface area contributed by atoms with Crippen molar-refractivity contribution in [2.45, 2.75) is 45.4 Å². The van der Waals surface area contributed by atoms with Crippen LogP contribution in [0.1, 0.15) is 32.4 Å². The molecule has 0 unspecified atom stereocenters. The van der Waals surface area contributed by atoms with Gasteiger partial charge in [0, 0.05) is 32.4 Å². The molecule has 0 radical (unpaired) electrons. The van der Waals surface area contributed by atoms with E-state index in [1.165, 1.54) is 0 Å². The predicted octanol–water partition coefficient (Wildman–Crippen LogP) is 1.35. The van der Waals surface area contributed by atoms with Gasteiger partial charge in [0.15, 0.2) is 0 Å². The molecule has 1 aliphatic rings. The summed E-state index contributed by atoms with van der Waals surface area (Å²) in [5.41, 5.74) is 0.784. The number of carbonyl (C=O) groups excluding carboxylic acids is 1. The zero-order valence-electron chi connectivity index (χ0n) is 13.1. The number of methoxy groups -OCH3 is 1. The summed E-state index contributed by atoms with van der Waals surface area (Å²) in [5.74, 6) is 0.134. The van der Waals surface area contributed by atoms with Gasteiger partial charge in [-0.3, -0.25) is 4.79 Å². The van der Waals surface area contributed by atoms with E-state index >= 15 is 0 Å². The summed E-state index contributed by atoms with van der Waals surface area (Å²) >= 11 is 0. The first kappa shape index (κ1) is 16.0. The van der Waals surface area contributed by atoms with E-state index in [1.54, 1.807) is 19.6 Å². The third kappa shape index (κ3) is 4.54. The second kappa shape index (κ2) is 7.04. The van der Waals surface area contributed by atoms with Crippen molar-refractivity contribution >= 4 is 5.91 Å². The molecule has 1 fully saturated rings. The molecule has 1 amide bonds. The highest BCUT2D eigenvalue weighted by Gasteiger charge is 2.32. The quantitative estimate of drug-likeness (QED) is 0.860. The van der Waals surface area contributed by atoms with Gasteiger partial charge in [0.1, 0.15) is 0 Å². The van der Waals surface area contributed by atoms with Crippen LogP contribution in [0.4, 0.5) is 0 Å². The van der Waals surface area contributed by atoms with Crippen molar-refractivity contribution < 1.29 is 14.3 Å². The lowest BCUT2D eigenvalue weighted by atomic mass is 9.88. The second-order valence-corrected chi connectivity index (χ2v) is 6.09. The van der Waals surface area contributed by atoms with Gasteiger partial charge in [0.25, 0.3) is 0 Å². The van der Waals surface area contributed by atoms with Gasteiger partial charge in [-0.2, -0.15) is 0 Å². The summed E-state index contributed by atoms with van der Waals surface area (Å²) in [6, 6.07) is 0. The third-order valence-electron chi connectivity index (χ3n) is 3.85. The highest BCUT2D eigenvalue weighted by molar-refractivity contribution is 5.78. The van der Waals surface area contributed by atoms with E-state index in [-0.39, 0.29) is 17.4 Å². The minimum atomic E-state index is -0.208. The summed E-state index contributed by atoms with van der Waals surface area (Å²) in [4.78, 5) is 16.4. The Morgan fingerprint density at radius 2 is 2.43 bits per heavy atom. The lowest BCUT2D eigenvalue weighted by molar-refractivity contribution is -0.135. The van der Waals surface area contributed by atoms with Crippen molar-refractivity contribution in [2.75, 3.05) is 20.3 Å². The summed E-state index contributed by atoms with van der Waals surface area (Å²) in [7, 11) is 1.67. The molecule has 0 saturated carbocycles. The van der Waals surface area contributed by atoms with Crippen LogP contribution in [-0.4, -0.2) is 41.4 Å². The number of amides is 1. The van der Waals surface area contributed by atoms with E-state index in [9.17, 15) is 4.79 Å². The number of ether oxygens (including phenoxy) is 2. The fourth-order valence-electron chi connectivity index (χ4n) is 2.66. The second-order valence-electron chi connectivity index (χ2n) is 6.09. The first-order valence-corrected chi connectivity index (χ1v) is 7.41. The molecule has 118 valence electrons. The Labute approximate surface area is 125 Å².